The molecule has 1 heterocycles. The smallest absolute Gasteiger partial charge is 0.328 e. The predicted molar refractivity (Wildman–Crippen MR) is 88.7 cm³/mol. The summed E-state index contributed by atoms with van der Waals surface area (Å²) in [5.74, 6) is -0.0353. The molecule has 0 atom stereocenters. The minimum atomic E-state index is -0.490. The molecule has 0 aliphatic carbocycles. The van der Waals surface area contributed by atoms with Gasteiger partial charge in [0.15, 0.2) is 0 Å². The monoisotopic (exact) mass is 331 g/mol. The molecule has 1 aromatic carbocycles. The van der Waals surface area contributed by atoms with Crippen molar-refractivity contribution in [2.45, 2.75) is 46.8 Å². The van der Waals surface area contributed by atoms with E-state index in [1.165, 1.54) is 10.2 Å². The van der Waals surface area contributed by atoms with Crippen molar-refractivity contribution in [1.82, 2.24) is 9.78 Å². The number of rotatable bonds is 6. The van der Waals surface area contributed by atoms with E-state index in [1.807, 2.05) is 24.3 Å². The molecule has 128 valence electrons. The second-order valence-electron chi connectivity index (χ2n) is 5.99. The van der Waals surface area contributed by atoms with Gasteiger partial charge in [-0.25, -0.2) is 0 Å². The fraction of sp³-hybridized carbons (Fsp3) is 0.412. The average Bonchev–Trinajstić information content (AvgIpc) is 2.79. The lowest BCUT2D eigenvalue weighted by Gasteiger charge is -2.08. The highest BCUT2D eigenvalue weighted by Gasteiger charge is 2.23. The maximum absolute atomic E-state index is 12.0. The number of nitro groups is 1. The van der Waals surface area contributed by atoms with Gasteiger partial charge >= 0.3 is 11.7 Å². The first kappa shape index (κ1) is 17.7. The normalized spacial score (nSPS) is 10.9. The van der Waals surface area contributed by atoms with Gasteiger partial charge in [-0.3, -0.25) is 19.6 Å². The summed E-state index contributed by atoms with van der Waals surface area (Å²) in [5.41, 5.74) is 2.68. The molecule has 0 radical (unpaired) electrons. The van der Waals surface area contributed by atoms with Crippen LogP contribution in [0.15, 0.2) is 24.3 Å². The lowest BCUT2D eigenvalue weighted by molar-refractivity contribution is -0.386. The van der Waals surface area contributed by atoms with E-state index in [1.54, 1.807) is 13.8 Å². The van der Waals surface area contributed by atoms with Crippen LogP contribution < -0.4 is 0 Å². The molecule has 0 N–H and O–H groups in total. The molecule has 0 spiro atoms. The molecule has 0 saturated heterocycles. The molecule has 0 aliphatic rings. The second kappa shape index (κ2) is 7.25. The lowest BCUT2D eigenvalue weighted by Crippen LogP contribution is -2.15. The Hall–Kier alpha value is -2.70. The fourth-order valence-electron chi connectivity index (χ4n) is 2.44. The van der Waals surface area contributed by atoms with E-state index < -0.39 is 10.9 Å². The van der Waals surface area contributed by atoms with Gasteiger partial charge in [0.1, 0.15) is 24.5 Å². The van der Waals surface area contributed by atoms with Crippen molar-refractivity contribution >= 4 is 11.7 Å². The van der Waals surface area contributed by atoms with Gasteiger partial charge in [0, 0.05) is 0 Å². The SMILES string of the molecule is Cc1nn(CC(=O)OCc2ccc(C(C)C)cc2)c(C)c1[N+](=O)[O-]. The topological polar surface area (TPSA) is 87.3 Å². The van der Waals surface area contributed by atoms with Crippen molar-refractivity contribution in [3.63, 3.8) is 0 Å². The molecule has 24 heavy (non-hydrogen) atoms. The van der Waals surface area contributed by atoms with E-state index in [-0.39, 0.29) is 24.5 Å². The molecule has 0 amide bonds. The minimum Gasteiger partial charge on any atom is -0.459 e. The molecule has 2 aromatic rings. The molecule has 0 aliphatic heterocycles. The van der Waals surface area contributed by atoms with E-state index in [0.29, 0.717) is 11.6 Å². The lowest BCUT2D eigenvalue weighted by atomic mass is 10.0. The zero-order valence-corrected chi connectivity index (χ0v) is 14.3. The van der Waals surface area contributed by atoms with E-state index in [4.69, 9.17) is 4.74 Å². The van der Waals surface area contributed by atoms with Crippen LogP contribution in [0, 0.1) is 24.0 Å². The Bertz CT molecular complexity index is 748. The van der Waals surface area contributed by atoms with Crippen LogP contribution in [-0.2, 0) is 22.7 Å². The number of aromatic nitrogens is 2. The summed E-state index contributed by atoms with van der Waals surface area (Å²) in [6.07, 6.45) is 0. The van der Waals surface area contributed by atoms with Crippen LogP contribution in [0.5, 0.6) is 0 Å². The standard InChI is InChI=1S/C17H21N3O4/c1-11(2)15-7-5-14(6-8-15)10-24-16(21)9-19-13(4)17(20(22)23)12(3)18-19/h5-8,11H,9-10H2,1-4H3. The molecule has 0 unspecified atom stereocenters. The predicted octanol–water partition coefficient (Wildman–Crippen LogP) is 3.27. The summed E-state index contributed by atoms with van der Waals surface area (Å²) >= 11 is 0. The van der Waals surface area contributed by atoms with Gasteiger partial charge in [0.25, 0.3) is 0 Å². The van der Waals surface area contributed by atoms with Gasteiger partial charge in [-0.15, -0.1) is 0 Å². The Kier molecular flexibility index (Phi) is 5.33. The van der Waals surface area contributed by atoms with E-state index in [2.05, 4.69) is 18.9 Å². The zero-order valence-electron chi connectivity index (χ0n) is 14.3. The quantitative estimate of drug-likeness (QED) is 0.460. The van der Waals surface area contributed by atoms with Crippen molar-refractivity contribution < 1.29 is 14.5 Å². The number of hydrogen-bond donors (Lipinski definition) is 0. The molecule has 2 rings (SSSR count). The molecule has 0 saturated carbocycles. The van der Waals surface area contributed by atoms with Crippen LogP contribution in [0.2, 0.25) is 0 Å². The van der Waals surface area contributed by atoms with Gasteiger partial charge in [-0.1, -0.05) is 38.1 Å². The first-order valence-electron chi connectivity index (χ1n) is 7.72. The van der Waals surface area contributed by atoms with Crippen molar-refractivity contribution in [3.05, 3.63) is 56.9 Å². The third-order valence-corrected chi connectivity index (χ3v) is 3.85. The summed E-state index contributed by atoms with van der Waals surface area (Å²) in [4.78, 5) is 22.4. The van der Waals surface area contributed by atoms with Crippen LogP contribution in [0.1, 0.15) is 42.3 Å². The summed E-state index contributed by atoms with van der Waals surface area (Å²) in [5, 5.41) is 15.0. The van der Waals surface area contributed by atoms with Gasteiger partial charge in [0.2, 0.25) is 0 Å². The first-order chi connectivity index (χ1) is 11.3. The summed E-state index contributed by atoms with van der Waals surface area (Å²) in [6, 6.07) is 7.88. The summed E-state index contributed by atoms with van der Waals surface area (Å²) in [7, 11) is 0. The van der Waals surface area contributed by atoms with E-state index in [9.17, 15) is 14.9 Å². The molecular weight excluding hydrogens is 310 g/mol. The van der Waals surface area contributed by atoms with Crippen molar-refractivity contribution in [2.75, 3.05) is 0 Å². The molecule has 0 fully saturated rings. The number of esters is 1. The number of hydrogen-bond acceptors (Lipinski definition) is 5. The van der Waals surface area contributed by atoms with E-state index in [0.717, 1.165) is 5.56 Å². The average molecular weight is 331 g/mol. The van der Waals surface area contributed by atoms with Gasteiger partial charge in [0.05, 0.1) is 4.92 Å². The van der Waals surface area contributed by atoms with E-state index >= 15 is 0 Å². The van der Waals surface area contributed by atoms with Gasteiger partial charge in [-0.05, 0) is 30.9 Å². The Balaban J connectivity index is 1.96. The van der Waals surface area contributed by atoms with Crippen LogP contribution in [-0.4, -0.2) is 20.7 Å². The Morgan fingerprint density at radius 2 is 1.92 bits per heavy atom. The fourth-order valence-corrected chi connectivity index (χ4v) is 2.44. The Labute approximate surface area is 140 Å². The maximum atomic E-state index is 12.0. The minimum absolute atomic E-state index is 0.0629. The first-order valence-corrected chi connectivity index (χ1v) is 7.72. The highest BCUT2D eigenvalue weighted by Crippen LogP contribution is 2.21. The number of aryl methyl sites for hydroxylation is 1. The molecule has 7 heteroatoms. The summed E-state index contributed by atoms with van der Waals surface area (Å²) < 4.78 is 6.53. The molecule has 7 nitrogen and oxygen atoms in total. The number of ether oxygens (including phenoxy) is 1. The molecular formula is C17H21N3O4. The van der Waals surface area contributed by atoms with Crippen molar-refractivity contribution in [3.8, 4) is 0 Å². The third-order valence-electron chi connectivity index (χ3n) is 3.85. The van der Waals surface area contributed by atoms with Crippen molar-refractivity contribution in [1.29, 1.82) is 0 Å². The largest absolute Gasteiger partial charge is 0.459 e. The maximum Gasteiger partial charge on any atom is 0.328 e. The van der Waals surface area contributed by atoms with Crippen LogP contribution in [0.3, 0.4) is 0 Å². The van der Waals surface area contributed by atoms with Crippen LogP contribution in [0.25, 0.3) is 0 Å². The number of carbonyl (C=O) groups excluding carboxylic acids is 1. The van der Waals surface area contributed by atoms with Gasteiger partial charge < -0.3 is 4.74 Å². The molecule has 0 bridgehead atoms. The number of benzene rings is 1. The van der Waals surface area contributed by atoms with Crippen LogP contribution >= 0.6 is 0 Å². The Morgan fingerprint density at radius 3 is 2.42 bits per heavy atom. The van der Waals surface area contributed by atoms with Gasteiger partial charge in [-0.2, -0.15) is 5.10 Å². The highest BCUT2D eigenvalue weighted by atomic mass is 16.6. The highest BCUT2D eigenvalue weighted by molar-refractivity contribution is 5.69. The number of carbonyl (C=O) groups is 1. The second-order valence-corrected chi connectivity index (χ2v) is 5.99. The number of nitrogens with zero attached hydrogens (tertiary/aromatic N) is 3. The zero-order chi connectivity index (χ0) is 17.9. The Morgan fingerprint density at radius 1 is 1.29 bits per heavy atom. The third kappa shape index (κ3) is 3.98. The van der Waals surface area contributed by atoms with Crippen molar-refractivity contribution in [2.24, 2.45) is 0 Å². The molecule has 1 aromatic heterocycles. The van der Waals surface area contributed by atoms with Crippen LogP contribution in [0.4, 0.5) is 5.69 Å². The summed E-state index contributed by atoms with van der Waals surface area (Å²) in [6.45, 7) is 7.35.